The predicted octanol–water partition coefficient (Wildman–Crippen LogP) is 2.67. The zero-order valence-electron chi connectivity index (χ0n) is 13.6. The standard InChI is InChI=1S/C16H30N2O2/c1-5-18(6-2)15(20)13-16(10-8-7-9-11-16)12-14(19)17(3)4/h5-13H2,1-4H3. The molecule has 2 amide bonds. The summed E-state index contributed by atoms with van der Waals surface area (Å²) >= 11 is 0. The van der Waals surface area contributed by atoms with E-state index in [1.165, 1.54) is 6.42 Å². The maximum atomic E-state index is 12.4. The SMILES string of the molecule is CCN(CC)C(=O)CC1(CC(=O)N(C)C)CCCCC1. The molecule has 116 valence electrons. The largest absolute Gasteiger partial charge is 0.349 e. The molecule has 0 aromatic rings. The van der Waals surface area contributed by atoms with Gasteiger partial charge in [-0.25, -0.2) is 0 Å². The van der Waals surface area contributed by atoms with Gasteiger partial charge in [-0.2, -0.15) is 0 Å². The molecule has 0 spiro atoms. The van der Waals surface area contributed by atoms with Crippen molar-refractivity contribution in [3.05, 3.63) is 0 Å². The highest BCUT2D eigenvalue weighted by atomic mass is 16.2. The zero-order valence-corrected chi connectivity index (χ0v) is 13.6. The summed E-state index contributed by atoms with van der Waals surface area (Å²) in [7, 11) is 3.59. The molecular weight excluding hydrogens is 252 g/mol. The summed E-state index contributed by atoms with van der Waals surface area (Å²) in [5, 5.41) is 0. The summed E-state index contributed by atoms with van der Waals surface area (Å²) in [5.41, 5.74) is -0.0979. The van der Waals surface area contributed by atoms with Gasteiger partial charge in [-0.15, -0.1) is 0 Å². The number of hydrogen-bond donors (Lipinski definition) is 0. The van der Waals surface area contributed by atoms with E-state index in [0.717, 1.165) is 38.8 Å². The second kappa shape index (κ2) is 7.65. The molecule has 1 aliphatic rings. The molecule has 0 heterocycles. The molecule has 0 aromatic heterocycles. The van der Waals surface area contributed by atoms with Crippen molar-refractivity contribution in [2.45, 2.75) is 58.8 Å². The first kappa shape index (κ1) is 17.0. The Morgan fingerprint density at radius 1 is 0.900 bits per heavy atom. The summed E-state index contributed by atoms with van der Waals surface area (Å²) in [5.74, 6) is 0.364. The van der Waals surface area contributed by atoms with E-state index in [0.29, 0.717) is 12.8 Å². The van der Waals surface area contributed by atoms with Crippen molar-refractivity contribution < 1.29 is 9.59 Å². The van der Waals surface area contributed by atoms with Crippen LogP contribution in [-0.4, -0.2) is 48.8 Å². The van der Waals surface area contributed by atoms with Crippen LogP contribution >= 0.6 is 0 Å². The lowest BCUT2D eigenvalue weighted by Crippen LogP contribution is -2.39. The summed E-state index contributed by atoms with van der Waals surface area (Å²) in [4.78, 5) is 28.1. The Morgan fingerprint density at radius 2 is 1.40 bits per heavy atom. The van der Waals surface area contributed by atoms with Crippen LogP contribution in [-0.2, 0) is 9.59 Å². The van der Waals surface area contributed by atoms with E-state index < -0.39 is 0 Å². The molecule has 4 heteroatoms. The monoisotopic (exact) mass is 282 g/mol. The van der Waals surface area contributed by atoms with Crippen molar-refractivity contribution in [2.24, 2.45) is 5.41 Å². The van der Waals surface area contributed by atoms with Crippen LogP contribution in [0.4, 0.5) is 0 Å². The zero-order chi connectivity index (χ0) is 15.2. The van der Waals surface area contributed by atoms with Gasteiger partial charge in [0.05, 0.1) is 0 Å². The van der Waals surface area contributed by atoms with Crippen LogP contribution in [0, 0.1) is 5.41 Å². The molecule has 1 aliphatic carbocycles. The van der Waals surface area contributed by atoms with Crippen molar-refractivity contribution in [3.8, 4) is 0 Å². The Labute approximate surface area is 123 Å². The fraction of sp³-hybridized carbons (Fsp3) is 0.875. The molecule has 0 aliphatic heterocycles. The Balaban J connectivity index is 2.78. The van der Waals surface area contributed by atoms with E-state index in [1.807, 2.05) is 18.7 Å². The van der Waals surface area contributed by atoms with Gasteiger partial charge in [0, 0.05) is 40.0 Å². The lowest BCUT2D eigenvalue weighted by molar-refractivity contribution is -0.137. The molecule has 1 fully saturated rings. The van der Waals surface area contributed by atoms with Gasteiger partial charge in [0.2, 0.25) is 11.8 Å². The molecule has 4 nitrogen and oxygen atoms in total. The van der Waals surface area contributed by atoms with Gasteiger partial charge in [0.15, 0.2) is 0 Å². The van der Waals surface area contributed by atoms with Gasteiger partial charge in [-0.05, 0) is 32.1 Å². The Hall–Kier alpha value is -1.06. The molecule has 0 bridgehead atoms. The topological polar surface area (TPSA) is 40.6 Å². The van der Waals surface area contributed by atoms with E-state index in [4.69, 9.17) is 0 Å². The van der Waals surface area contributed by atoms with Gasteiger partial charge in [-0.1, -0.05) is 19.3 Å². The van der Waals surface area contributed by atoms with Crippen LogP contribution in [0.1, 0.15) is 58.8 Å². The van der Waals surface area contributed by atoms with Gasteiger partial charge < -0.3 is 9.80 Å². The molecular formula is C16H30N2O2. The predicted molar refractivity (Wildman–Crippen MR) is 81.4 cm³/mol. The quantitative estimate of drug-likeness (QED) is 0.751. The van der Waals surface area contributed by atoms with Crippen molar-refractivity contribution in [2.75, 3.05) is 27.2 Å². The van der Waals surface area contributed by atoms with Crippen LogP contribution < -0.4 is 0 Å². The number of carbonyl (C=O) groups is 2. The van der Waals surface area contributed by atoms with E-state index in [1.54, 1.807) is 19.0 Å². The van der Waals surface area contributed by atoms with E-state index >= 15 is 0 Å². The van der Waals surface area contributed by atoms with E-state index in [-0.39, 0.29) is 17.2 Å². The number of nitrogens with zero attached hydrogens (tertiary/aromatic N) is 2. The Kier molecular flexibility index (Phi) is 6.50. The summed E-state index contributed by atoms with van der Waals surface area (Å²) in [6.45, 7) is 5.54. The minimum atomic E-state index is -0.0979. The fourth-order valence-corrected chi connectivity index (χ4v) is 3.21. The van der Waals surface area contributed by atoms with Crippen LogP contribution in [0.2, 0.25) is 0 Å². The van der Waals surface area contributed by atoms with Crippen molar-refractivity contribution >= 4 is 11.8 Å². The fourth-order valence-electron chi connectivity index (χ4n) is 3.21. The van der Waals surface area contributed by atoms with Crippen LogP contribution in [0.15, 0.2) is 0 Å². The normalized spacial score (nSPS) is 17.6. The van der Waals surface area contributed by atoms with Gasteiger partial charge >= 0.3 is 0 Å². The average Bonchev–Trinajstić information content (AvgIpc) is 2.40. The van der Waals surface area contributed by atoms with Gasteiger partial charge in [0.1, 0.15) is 0 Å². The van der Waals surface area contributed by atoms with Gasteiger partial charge in [-0.3, -0.25) is 9.59 Å². The lowest BCUT2D eigenvalue weighted by Gasteiger charge is -2.38. The molecule has 0 radical (unpaired) electrons. The number of carbonyl (C=O) groups excluding carboxylic acids is 2. The van der Waals surface area contributed by atoms with E-state index in [2.05, 4.69) is 0 Å². The molecule has 1 saturated carbocycles. The molecule has 20 heavy (non-hydrogen) atoms. The highest BCUT2D eigenvalue weighted by molar-refractivity contribution is 5.80. The van der Waals surface area contributed by atoms with Crippen molar-refractivity contribution in [1.82, 2.24) is 9.80 Å². The third-order valence-corrected chi connectivity index (χ3v) is 4.58. The Morgan fingerprint density at radius 3 is 1.85 bits per heavy atom. The summed E-state index contributed by atoms with van der Waals surface area (Å²) < 4.78 is 0. The first-order chi connectivity index (χ1) is 9.44. The second-order valence-corrected chi connectivity index (χ2v) is 6.27. The molecule has 1 rings (SSSR count). The van der Waals surface area contributed by atoms with E-state index in [9.17, 15) is 9.59 Å². The van der Waals surface area contributed by atoms with Crippen LogP contribution in [0.3, 0.4) is 0 Å². The minimum Gasteiger partial charge on any atom is -0.349 e. The van der Waals surface area contributed by atoms with Crippen molar-refractivity contribution in [3.63, 3.8) is 0 Å². The third-order valence-electron chi connectivity index (χ3n) is 4.58. The molecule has 0 aromatic carbocycles. The first-order valence-electron chi connectivity index (χ1n) is 7.92. The maximum Gasteiger partial charge on any atom is 0.223 e. The average molecular weight is 282 g/mol. The highest BCUT2D eigenvalue weighted by Crippen LogP contribution is 2.43. The lowest BCUT2D eigenvalue weighted by atomic mass is 9.69. The van der Waals surface area contributed by atoms with Crippen LogP contribution in [0.5, 0.6) is 0 Å². The number of hydrogen-bond acceptors (Lipinski definition) is 2. The second-order valence-electron chi connectivity index (χ2n) is 6.27. The minimum absolute atomic E-state index is 0.0979. The molecule has 0 unspecified atom stereocenters. The van der Waals surface area contributed by atoms with Crippen molar-refractivity contribution in [1.29, 1.82) is 0 Å². The molecule has 0 atom stereocenters. The highest BCUT2D eigenvalue weighted by Gasteiger charge is 2.37. The van der Waals surface area contributed by atoms with Crippen LogP contribution in [0.25, 0.3) is 0 Å². The number of rotatable bonds is 6. The number of amides is 2. The molecule has 0 saturated heterocycles. The van der Waals surface area contributed by atoms with Gasteiger partial charge in [0.25, 0.3) is 0 Å². The maximum absolute atomic E-state index is 12.4. The smallest absolute Gasteiger partial charge is 0.223 e. The molecule has 0 N–H and O–H groups in total. The summed E-state index contributed by atoms with van der Waals surface area (Å²) in [6, 6.07) is 0. The Bertz CT molecular complexity index is 329. The summed E-state index contributed by atoms with van der Waals surface area (Å²) in [6.07, 6.45) is 6.61. The first-order valence-corrected chi connectivity index (χ1v) is 7.92. The third kappa shape index (κ3) is 4.50.